The summed E-state index contributed by atoms with van der Waals surface area (Å²) in [6.45, 7) is 2.82. The van der Waals surface area contributed by atoms with Gasteiger partial charge in [0, 0.05) is 5.56 Å². The van der Waals surface area contributed by atoms with Gasteiger partial charge in [-0.1, -0.05) is 42.5 Å². The lowest BCUT2D eigenvalue weighted by molar-refractivity contribution is -0.132. The van der Waals surface area contributed by atoms with Crippen molar-refractivity contribution in [3.05, 3.63) is 88.7 Å². The van der Waals surface area contributed by atoms with E-state index in [1.54, 1.807) is 18.2 Å². The van der Waals surface area contributed by atoms with E-state index in [9.17, 15) is 19.1 Å². The van der Waals surface area contributed by atoms with Crippen LogP contribution < -0.4 is 14.4 Å². The molecule has 37 heavy (non-hydrogen) atoms. The summed E-state index contributed by atoms with van der Waals surface area (Å²) in [5.74, 6) is -1.41. The van der Waals surface area contributed by atoms with Crippen molar-refractivity contribution in [2.24, 2.45) is 0 Å². The van der Waals surface area contributed by atoms with Gasteiger partial charge < -0.3 is 14.6 Å². The first kappa shape index (κ1) is 23.2. The Bertz CT molecular complexity index is 1590. The molecule has 0 aliphatic carbocycles. The number of ketones is 1. The number of rotatable bonds is 4. The number of fused-ring (bicyclic) bond motifs is 2. The summed E-state index contributed by atoms with van der Waals surface area (Å²) in [6.07, 6.45) is 0.821. The zero-order valence-corrected chi connectivity index (χ0v) is 20.5. The highest BCUT2D eigenvalue weighted by Gasteiger charge is 2.48. The number of halogens is 1. The number of carbonyl (C=O) groups is 2. The SMILES string of the molecule is CCc1ccc(C2/C(=C(\O)c3ccc4c(c3)OCCO4)C(=O)C(=O)N2c2nc3ccc(F)cc3s2)cc1. The summed E-state index contributed by atoms with van der Waals surface area (Å²) >= 11 is 1.11. The number of Topliss-reactive ketones (excluding diaryl/α,β-unsaturated/α-hetero) is 1. The van der Waals surface area contributed by atoms with E-state index in [0.717, 1.165) is 23.3 Å². The molecular formula is C28H21FN2O5S. The zero-order valence-electron chi connectivity index (χ0n) is 19.7. The Morgan fingerprint density at radius 2 is 1.81 bits per heavy atom. The fourth-order valence-electron chi connectivity index (χ4n) is 4.62. The lowest BCUT2D eigenvalue weighted by Gasteiger charge is -2.23. The molecule has 1 aromatic heterocycles. The minimum atomic E-state index is -0.926. The van der Waals surface area contributed by atoms with E-state index in [-0.39, 0.29) is 16.5 Å². The van der Waals surface area contributed by atoms with Gasteiger partial charge in [0.15, 0.2) is 16.6 Å². The third-order valence-corrected chi connectivity index (χ3v) is 7.53. The number of aryl methyl sites for hydroxylation is 1. The van der Waals surface area contributed by atoms with Crippen LogP contribution >= 0.6 is 11.3 Å². The first-order chi connectivity index (χ1) is 17.9. The van der Waals surface area contributed by atoms with Gasteiger partial charge in [-0.2, -0.15) is 0 Å². The molecule has 1 fully saturated rings. The minimum Gasteiger partial charge on any atom is -0.507 e. The van der Waals surface area contributed by atoms with Crippen molar-refractivity contribution in [3.63, 3.8) is 0 Å². The highest BCUT2D eigenvalue weighted by atomic mass is 32.1. The van der Waals surface area contributed by atoms with Crippen LogP contribution in [-0.4, -0.2) is 35.0 Å². The van der Waals surface area contributed by atoms with Gasteiger partial charge in [-0.05, 0) is 53.9 Å². The molecule has 0 saturated carbocycles. The summed E-state index contributed by atoms with van der Waals surface area (Å²) in [6, 6.07) is 15.6. The van der Waals surface area contributed by atoms with Crippen LogP contribution in [0.4, 0.5) is 9.52 Å². The molecule has 0 bridgehead atoms. The monoisotopic (exact) mass is 516 g/mol. The Morgan fingerprint density at radius 3 is 2.57 bits per heavy atom. The molecule has 4 aromatic rings. The summed E-state index contributed by atoms with van der Waals surface area (Å²) in [4.78, 5) is 32.6. The average molecular weight is 517 g/mol. The Labute approximate surface area is 215 Å². The third kappa shape index (κ3) is 3.92. The number of hydrogen-bond acceptors (Lipinski definition) is 7. The van der Waals surface area contributed by atoms with Crippen molar-refractivity contribution in [2.45, 2.75) is 19.4 Å². The molecule has 0 spiro atoms. The summed E-state index contributed by atoms with van der Waals surface area (Å²) < 4.78 is 25.6. The summed E-state index contributed by atoms with van der Waals surface area (Å²) in [7, 11) is 0. The van der Waals surface area contributed by atoms with Gasteiger partial charge in [-0.25, -0.2) is 9.37 Å². The number of carbonyl (C=O) groups excluding carboxylic acids is 2. The highest BCUT2D eigenvalue weighted by molar-refractivity contribution is 7.22. The summed E-state index contributed by atoms with van der Waals surface area (Å²) in [5, 5.41) is 11.6. The van der Waals surface area contributed by atoms with Crippen LogP contribution in [0.5, 0.6) is 11.5 Å². The fourth-order valence-corrected chi connectivity index (χ4v) is 5.63. The van der Waals surface area contributed by atoms with Crippen LogP contribution in [0, 0.1) is 5.82 Å². The second-order valence-corrected chi connectivity index (χ2v) is 9.74. The number of aromatic nitrogens is 1. The maximum atomic E-state index is 13.8. The molecule has 2 aliphatic rings. The number of amides is 1. The van der Waals surface area contributed by atoms with Crippen molar-refractivity contribution in [2.75, 3.05) is 18.1 Å². The number of benzene rings is 3. The summed E-state index contributed by atoms with van der Waals surface area (Å²) in [5.41, 5.74) is 2.50. The second kappa shape index (κ2) is 9.01. The van der Waals surface area contributed by atoms with Crippen molar-refractivity contribution in [1.82, 2.24) is 4.98 Å². The van der Waals surface area contributed by atoms with Gasteiger partial charge in [-0.15, -0.1) is 0 Å². The minimum absolute atomic E-state index is 0.0589. The van der Waals surface area contributed by atoms with Crippen molar-refractivity contribution in [1.29, 1.82) is 0 Å². The van der Waals surface area contributed by atoms with Crippen LogP contribution in [0.3, 0.4) is 0 Å². The van der Waals surface area contributed by atoms with Crippen molar-refractivity contribution < 1.29 is 28.6 Å². The first-order valence-corrected chi connectivity index (χ1v) is 12.6. The molecule has 3 aromatic carbocycles. The maximum absolute atomic E-state index is 13.8. The van der Waals surface area contributed by atoms with Gasteiger partial charge in [0.2, 0.25) is 0 Å². The van der Waals surface area contributed by atoms with Crippen LogP contribution in [0.2, 0.25) is 0 Å². The van der Waals surface area contributed by atoms with E-state index in [0.29, 0.717) is 46.1 Å². The Morgan fingerprint density at radius 1 is 1.05 bits per heavy atom. The van der Waals surface area contributed by atoms with E-state index < -0.39 is 23.5 Å². The van der Waals surface area contributed by atoms with Gasteiger partial charge >= 0.3 is 5.91 Å². The molecule has 7 nitrogen and oxygen atoms in total. The lowest BCUT2D eigenvalue weighted by atomic mass is 9.94. The largest absolute Gasteiger partial charge is 0.507 e. The molecule has 2 aliphatic heterocycles. The van der Waals surface area contributed by atoms with Gasteiger partial charge in [0.25, 0.3) is 5.78 Å². The molecule has 186 valence electrons. The number of hydrogen-bond donors (Lipinski definition) is 1. The first-order valence-electron chi connectivity index (χ1n) is 11.8. The molecule has 0 radical (unpaired) electrons. The average Bonchev–Trinajstić information content (AvgIpc) is 3.45. The normalized spacial score (nSPS) is 18.5. The van der Waals surface area contributed by atoms with Crippen LogP contribution in [0.25, 0.3) is 16.0 Å². The van der Waals surface area contributed by atoms with E-state index in [2.05, 4.69) is 4.98 Å². The number of anilines is 1. The molecule has 3 heterocycles. The van der Waals surface area contributed by atoms with Gasteiger partial charge in [0.1, 0.15) is 24.8 Å². The standard InChI is InChI=1S/C28H21FN2O5S/c1-2-15-3-5-16(6-4-15)24-23(25(32)17-7-10-20-21(13-17)36-12-11-35-20)26(33)27(34)31(24)28-30-19-9-8-18(29)14-22(19)37-28/h3-10,13-14,24,32H,2,11-12H2,1H3/b25-23+. The second-order valence-electron chi connectivity index (χ2n) is 8.73. The number of thiazole rings is 1. The van der Waals surface area contributed by atoms with E-state index in [1.165, 1.54) is 23.1 Å². The lowest BCUT2D eigenvalue weighted by Crippen LogP contribution is -2.29. The molecular weight excluding hydrogens is 495 g/mol. The topological polar surface area (TPSA) is 89.0 Å². The maximum Gasteiger partial charge on any atom is 0.301 e. The predicted molar refractivity (Wildman–Crippen MR) is 138 cm³/mol. The van der Waals surface area contributed by atoms with E-state index in [4.69, 9.17) is 9.47 Å². The quantitative estimate of drug-likeness (QED) is 0.222. The van der Waals surface area contributed by atoms with E-state index in [1.807, 2.05) is 31.2 Å². The van der Waals surface area contributed by atoms with Gasteiger partial charge in [-0.3, -0.25) is 14.5 Å². The van der Waals surface area contributed by atoms with Crippen molar-refractivity contribution >= 4 is 44.1 Å². The zero-order chi connectivity index (χ0) is 25.7. The molecule has 1 unspecified atom stereocenters. The smallest absolute Gasteiger partial charge is 0.301 e. The molecule has 1 N–H and O–H groups in total. The molecule has 1 saturated heterocycles. The van der Waals surface area contributed by atoms with Crippen LogP contribution in [0.1, 0.15) is 29.7 Å². The number of aliphatic hydroxyl groups is 1. The van der Waals surface area contributed by atoms with Crippen LogP contribution in [0.15, 0.2) is 66.2 Å². The Kier molecular flexibility index (Phi) is 5.64. The van der Waals surface area contributed by atoms with Crippen molar-refractivity contribution in [3.8, 4) is 11.5 Å². The number of aliphatic hydroxyl groups excluding tert-OH is 1. The molecule has 9 heteroatoms. The fraction of sp³-hybridized carbons (Fsp3) is 0.179. The molecule has 1 amide bonds. The Hall–Kier alpha value is -4.24. The third-order valence-electron chi connectivity index (χ3n) is 6.51. The Balaban J connectivity index is 1.53. The van der Waals surface area contributed by atoms with Crippen LogP contribution in [-0.2, 0) is 16.0 Å². The van der Waals surface area contributed by atoms with Gasteiger partial charge in [0.05, 0.1) is 21.8 Å². The van der Waals surface area contributed by atoms with E-state index >= 15 is 0 Å². The predicted octanol–water partition coefficient (Wildman–Crippen LogP) is 5.40. The molecule has 1 atom stereocenters. The molecule has 6 rings (SSSR count). The highest BCUT2D eigenvalue weighted by Crippen LogP contribution is 2.45. The number of ether oxygens (including phenoxy) is 2. The number of nitrogens with zero attached hydrogens (tertiary/aromatic N) is 2.